The normalized spacial score (nSPS) is 18.3. The largest absolute Gasteiger partial charge is 0.480 e. The number of carbonyl (C=O) groups excluding carboxylic acids is 2. The summed E-state index contributed by atoms with van der Waals surface area (Å²) in [7, 11) is 0. The molecule has 6 heteroatoms. The van der Waals surface area contributed by atoms with E-state index in [2.05, 4.69) is 6.58 Å². The van der Waals surface area contributed by atoms with Gasteiger partial charge >= 0.3 is 17.9 Å². The summed E-state index contributed by atoms with van der Waals surface area (Å²) in [4.78, 5) is 35.0. The average molecular weight is 298 g/mol. The molecule has 0 aromatic rings. The third-order valence-electron chi connectivity index (χ3n) is 3.68. The number of esters is 2. The molecule has 1 aliphatic carbocycles. The predicted molar refractivity (Wildman–Crippen MR) is 74.2 cm³/mol. The van der Waals surface area contributed by atoms with Crippen LogP contribution in [0.2, 0.25) is 0 Å². The Bertz CT molecular complexity index is 408. The Balaban J connectivity index is 2.80. The van der Waals surface area contributed by atoms with Gasteiger partial charge in [-0.15, -0.1) is 0 Å². The van der Waals surface area contributed by atoms with Crippen LogP contribution in [0.3, 0.4) is 0 Å². The molecule has 0 saturated heterocycles. The number of hydrogen-bond acceptors (Lipinski definition) is 5. The lowest BCUT2D eigenvalue weighted by atomic mass is 9.74. The monoisotopic (exact) mass is 298 g/mol. The Kier molecular flexibility index (Phi) is 6.39. The lowest BCUT2D eigenvalue weighted by Gasteiger charge is -2.32. The minimum atomic E-state index is -1.51. The van der Waals surface area contributed by atoms with Gasteiger partial charge in [0.15, 0.2) is 5.41 Å². The van der Waals surface area contributed by atoms with Gasteiger partial charge in [-0.25, -0.2) is 4.79 Å². The summed E-state index contributed by atoms with van der Waals surface area (Å²) in [6, 6.07) is 0. The Hall–Kier alpha value is -1.85. The van der Waals surface area contributed by atoms with E-state index in [1.165, 1.54) is 0 Å². The van der Waals surface area contributed by atoms with Gasteiger partial charge in [0.1, 0.15) is 0 Å². The van der Waals surface area contributed by atoms with Crippen LogP contribution in [0.25, 0.3) is 0 Å². The van der Waals surface area contributed by atoms with Gasteiger partial charge in [-0.05, 0) is 19.3 Å². The van der Waals surface area contributed by atoms with E-state index in [9.17, 15) is 19.5 Å². The molecule has 0 aliphatic heterocycles. The SMILES string of the molecule is C=CC(=O)OC(CCC)OC(=O)C1(C(=O)O)CCCCC1. The van der Waals surface area contributed by atoms with Crippen LogP contribution in [0.15, 0.2) is 12.7 Å². The van der Waals surface area contributed by atoms with Crippen LogP contribution in [0, 0.1) is 5.41 Å². The first-order chi connectivity index (χ1) is 9.96. The maximum absolute atomic E-state index is 12.3. The quantitative estimate of drug-likeness (QED) is 0.336. The number of carboxylic acids is 1. The first-order valence-corrected chi connectivity index (χ1v) is 7.24. The van der Waals surface area contributed by atoms with Crippen molar-refractivity contribution in [2.75, 3.05) is 0 Å². The van der Waals surface area contributed by atoms with Crippen LogP contribution in [-0.4, -0.2) is 29.3 Å². The topological polar surface area (TPSA) is 89.9 Å². The summed E-state index contributed by atoms with van der Waals surface area (Å²) in [6.45, 7) is 5.12. The van der Waals surface area contributed by atoms with Crippen molar-refractivity contribution in [3.8, 4) is 0 Å². The van der Waals surface area contributed by atoms with Crippen molar-refractivity contribution >= 4 is 17.9 Å². The second-order valence-corrected chi connectivity index (χ2v) is 5.21. The molecule has 1 rings (SSSR count). The molecule has 1 saturated carbocycles. The van der Waals surface area contributed by atoms with Crippen molar-refractivity contribution in [1.29, 1.82) is 0 Å². The fraction of sp³-hybridized carbons (Fsp3) is 0.667. The highest BCUT2D eigenvalue weighted by Crippen LogP contribution is 2.38. The van der Waals surface area contributed by atoms with Crippen LogP contribution in [-0.2, 0) is 23.9 Å². The summed E-state index contributed by atoms with van der Waals surface area (Å²) < 4.78 is 10.1. The number of carbonyl (C=O) groups is 3. The lowest BCUT2D eigenvalue weighted by molar-refractivity contribution is -0.198. The maximum atomic E-state index is 12.3. The lowest BCUT2D eigenvalue weighted by Crippen LogP contribution is -2.44. The van der Waals surface area contributed by atoms with E-state index in [0.29, 0.717) is 25.7 Å². The number of ether oxygens (including phenoxy) is 2. The molecule has 1 fully saturated rings. The van der Waals surface area contributed by atoms with Gasteiger partial charge < -0.3 is 14.6 Å². The minimum absolute atomic E-state index is 0.259. The molecule has 21 heavy (non-hydrogen) atoms. The zero-order chi connectivity index (χ0) is 15.9. The molecular weight excluding hydrogens is 276 g/mol. The van der Waals surface area contributed by atoms with Crippen LogP contribution in [0.4, 0.5) is 0 Å². The second-order valence-electron chi connectivity index (χ2n) is 5.21. The third-order valence-corrected chi connectivity index (χ3v) is 3.68. The zero-order valence-corrected chi connectivity index (χ0v) is 12.3. The molecule has 1 atom stereocenters. The highest BCUT2D eigenvalue weighted by atomic mass is 16.7. The molecule has 0 aromatic carbocycles. The number of aliphatic carboxylic acids is 1. The number of rotatable bonds is 7. The van der Waals surface area contributed by atoms with Crippen molar-refractivity contribution in [3.05, 3.63) is 12.7 Å². The number of hydrogen-bond donors (Lipinski definition) is 1. The van der Waals surface area contributed by atoms with Gasteiger partial charge in [0, 0.05) is 12.5 Å². The van der Waals surface area contributed by atoms with Crippen LogP contribution < -0.4 is 0 Å². The third kappa shape index (κ3) is 4.31. The Morgan fingerprint density at radius 3 is 2.33 bits per heavy atom. The van der Waals surface area contributed by atoms with Crippen molar-refractivity contribution in [3.63, 3.8) is 0 Å². The van der Waals surface area contributed by atoms with Gasteiger partial charge in [0.25, 0.3) is 0 Å². The van der Waals surface area contributed by atoms with Gasteiger partial charge in [-0.1, -0.05) is 32.8 Å². The summed E-state index contributed by atoms with van der Waals surface area (Å²) in [6.07, 6.45) is 3.63. The van der Waals surface area contributed by atoms with E-state index in [-0.39, 0.29) is 12.8 Å². The molecule has 1 N–H and O–H groups in total. The molecule has 0 bridgehead atoms. The Morgan fingerprint density at radius 1 is 1.24 bits per heavy atom. The molecular formula is C15H22O6. The summed E-state index contributed by atoms with van der Waals surface area (Å²) in [5.41, 5.74) is -1.51. The highest BCUT2D eigenvalue weighted by Gasteiger charge is 2.49. The fourth-order valence-corrected chi connectivity index (χ4v) is 2.45. The standard InChI is InChI=1S/C15H22O6/c1-3-8-12(20-11(16)4-2)21-14(19)15(13(17)18)9-6-5-7-10-15/h4,12H,2-3,5-10H2,1H3,(H,17,18). The summed E-state index contributed by atoms with van der Waals surface area (Å²) in [5.74, 6) is -2.68. The van der Waals surface area contributed by atoms with E-state index < -0.39 is 29.6 Å². The van der Waals surface area contributed by atoms with Crippen molar-refractivity contribution in [2.24, 2.45) is 5.41 Å². The highest BCUT2D eigenvalue weighted by molar-refractivity contribution is 5.99. The molecule has 0 heterocycles. The van der Waals surface area contributed by atoms with E-state index in [1.807, 2.05) is 6.92 Å². The second kappa shape index (κ2) is 7.81. The minimum Gasteiger partial charge on any atom is -0.480 e. The Morgan fingerprint density at radius 2 is 1.86 bits per heavy atom. The van der Waals surface area contributed by atoms with Gasteiger partial charge in [-0.3, -0.25) is 9.59 Å². The molecule has 0 amide bonds. The molecule has 0 spiro atoms. The van der Waals surface area contributed by atoms with E-state index in [1.54, 1.807) is 0 Å². The van der Waals surface area contributed by atoms with Crippen molar-refractivity contribution < 1.29 is 29.0 Å². The first-order valence-electron chi connectivity index (χ1n) is 7.24. The van der Waals surface area contributed by atoms with E-state index in [0.717, 1.165) is 12.5 Å². The van der Waals surface area contributed by atoms with Gasteiger partial charge in [0.2, 0.25) is 6.29 Å². The van der Waals surface area contributed by atoms with Crippen LogP contribution in [0.1, 0.15) is 51.9 Å². The molecule has 0 aromatic heterocycles. The molecule has 118 valence electrons. The van der Waals surface area contributed by atoms with E-state index >= 15 is 0 Å². The molecule has 1 unspecified atom stereocenters. The number of carboxylic acid groups (broad SMARTS) is 1. The van der Waals surface area contributed by atoms with Gasteiger partial charge in [-0.2, -0.15) is 0 Å². The average Bonchev–Trinajstić information content (AvgIpc) is 2.47. The smallest absolute Gasteiger partial charge is 0.333 e. The van der Waals surface area contributed by atoms with Gasteiger partial charge in [0.05, 0.1) is 0 Å². The summed E-state index contributed by atoms with van der Waals surface area (Å²) in [5, 5.41) is 9.41. The molecule has 6 nitrogen and oxygen atoms in total. The first kappa shape index (κ1) is 17.2. The Labute approximate surface area is 124 Å². The van der Waals surface area contributed by atoms with E-state index in [4.69, 9.17) is 9.47 Å². The fourth-order valence-electron chi connectivity index (χ4n) is 2.45. The van der Waals surface area contributed by atoms with Crippen LogP contribution in [0.5, 0.6) is 0 Å². The van der Waals surface area contributed by atoms with Crippen molar-refractivity contribution in [1.82, 2.24) is 0 Å². The maximum Gasteiger partial charge on any atom is 0.333 e. The predicted octanol–water partition coefficient (Wildman–Crippen LogP) is 2.42. The zero-order valence-electron chi connectivity index (χ0n) is 12.3. The van der Waals surface area contributed by atoms with Crippen molar-refractivity contribution in [2.45, 2.75) is 58.2 Å². The summed E-state index contributed by atoms with van der Waals surface area (Å²) >= 11 is 0. The molecule has 0 radical (unpaired) electrons. The van der Waals surface area contributed by atoms with Crippen LogP contribution >= 0.6 is 0 Å². The molecule has 1 aliphatic rings.